The minimum atomic E-state index is 0. The molecule has 2 rings (SSSR count). The molecule has 0 spiro atoms. The van der Waals surface area contributed by atoms with Crippen LogP contribution in [-0.4, -0.2) is 15.4 Å². The van der Waals surface area contributed by atoms with Crippen LogP contribution in [0.2, 0.25) is 0 Å². The molecule has 0 aliphatic rings. The van der Waals surface area contributed by atoms with E-state index in [-0.39, 0.29) is 22.4 Å². The second kappa shape index (κ2) is 2.96. The van der Waals surface area contributed by atoms with Gasteiger partial charge in [0.15, 0.2) is 0 Å². The average Bonchev–Trinajstić information content (AvgIpc) is 2.33. The molecule has 10 heavy (non-hydrogen) atoms. The van der Waals surface area contributed by atoms with E-state index in [0.29, 0.717) is 0 Å². The van der Waals surface area contributed by atoms with Crippen LogP contribution < -0.4 is 0 Å². The van der Waals surface area contributed by atoms with Gasteiger partial charge in [-0.2, -0.15) is 15.4 Å². The van der Waals surface area contributed by atoms with Gasteiger partial charge < -0.3 is 0 Å². The van der Waals surface area contributed by atoms with Gasteiger partial charge in [0, 0.05) is 0 Å². The molecule has 1 heterocycles. The maximum Gasteiger partial charge on any atom is 1.00 e. The van der Waals surface area contributed by atoms with Crippen LogP contribution in [0.1, 0.15) is 0 Å². The van der Waals surface area contributed by atoms with Gasteiger partial charge in [-0.15, -0.1) is 0 Å². The molecular formula is C6H5AgN3+. The summed E-state index contributed by atoms with van der Waals surface area (Å²) in [6.07, 6.45) is 0. The van der Waals surface area contributed by atoms with Crippen molar-refractivity contribution < 1.29 is 22.4 Å². The minimum absolute atomic E-state index is 0. The smallest absolute Gasteiger partial charge is 0.197 e. The molecule has 3 nitrogen and oxygen atoms in total. The first-order valence-corrected chi connectivity index (χ1v) is 2.72. The van der Waals surface area contributed by atoms with Crippen molar-refractivity contribution in [1.29, 1.82) is 0 Å². The zero-order valence-corrected chi connectivity index (χ0v) is 6.49. The van der Waals surface area contributed by atoms with Crippen LogP contribution >= 0.6 is 0 Å². The van der Waals surface area contributed by atoms with Gasteiger partial charge in [-0.1, -0.05) is 12.1 Å². The maximum absolute atomic E-state index is 3.88. The van der Waals surface area contributed by atoms with Crippen LogP contribution in [0.25, 0.3) is 11.0 Å². The molecule has 0 fully saturated rings. The van der Waals surface area contributed by atoms with Crippen LogP contribution in [0.15, 0.2) is 24.3 Å². The van der Waals surface area contributed by atoms with Gasteiger partial charge in [0.05, 0.1) is 0 Å². The van der Waals surface area contributed by atoms with Crippen LogP contribution in [-0.2, 0) is 22.4 Å². The number of H-pyrrole nitrogens is 1. The summed E-state index contributed by atoms with van der Waals surface area (Å²) in [6.45, 7) is 0. The number of rotatable bonds is 0. The zero-order chi connectivity index (χ0) is 6.10. The van der Waals surface area contributed by atoms with Crippen molar-refractivity contribution in [3.8, 4) is 0 Å². The van der Waals surface area contributed by atoms with Gasteiger partial charge in [-0.25, -0.2) is 0 Å². The van der Waals surface area contributed by atoms with E-state index >= 15 is 0 Å². The third-order valence-electron chi connectivity index (χ3n) is 1.22. The first kappa shape index (κ1) is 7.47. The predicted molar refractivity (Wildman–Crippen MR) is 33.9 cm³/mol. The van der Waals surface area contributed by atoms with E-state index in [0.717, 1.165) is 11.0 Å². The molecule has 0 saturated carbocycles. The molecule has 54 valence electrons. The molecule has 1 aromatic heterocycles. The number of hydrogen-bond acceptors (Lipinski definition) is 2. The molecule has 2 aromatic rings. The summed E-state index contributed by atoms with van der Waals surface area (Å²) in [7, 11) is 0. The summed E-state index contributed by atoms with van der Waals surface area (Å²) in [5, 5.41) is 10.3. The molecule has 0 bridgehead atoms. The molecule has 4 heteroatoms. The molecule has 0 amide bonds. The van der Waals surface area contributed by atoms with Crippen LogP contribution in [0.4, 0.5) is 0 Å². The van der Waals surface area contributed by atoms with E-state index in [4.69, 9.17) is 0 Å². The van der Waals surface area contributed by atoms with Crippen molar-refractivity contribution in [2.24, 2.45) is 0 Å². The van der Waals surface area contributed by atoms with Crippen LogP contribution in [0, 0.1) is 0 Å². The first-order chi connectivity index (χ1) is 4.47. The summed E-state index contributed by atoms with van der Waals surface area (Å²) in [5.41, 5.74) is 1.83. The predicted octanol–water partition coefficient (Wildman–Crippen LogP) is 0.955. The summed E-state index contributed by atoms with van der Waals surface area (Å²) in [4.78, 5) is 0. The number of para-hydroxylation sites is 2. The zero-order valence-electron chi connectivity index (χ0n) is 5.01. The molecular weight excluding hydrogens is 222 g/mol. The van der Waals surface area contributed by atoms with Gasteiger partial charge in [-0.3, -0.25) is 0 Å². The molecule has 0 aliphatic carbocycles. The minimum Gasteiger partial charge on any atom is -0.197 e. The summed E-state index contributed by atoms with van der Waals surface area (Å²) in [5.74, 6) is 0. The first-order valence-electron chi connectivity index (χ1n) is 2.72. The summed E-state index contributed by atoms with van der Waals surface area (Å²) >= 11 is 0. The van der Waals surface area contributed by atoms with E-state index in [1.807, 2.05) is 24.3 Å². The summed E-state index contributed by atoms with van der Waals surface area (Å²) < 4.78 is 0. The summed E-state index contributed by atoms with van der Waals surface area (Å²) in [6, 6.07) is 7.70. The van der Waals surface area contributed by atoms with E-state index in [9.17, 15) is 0 Å². The fourth-order valence-electron chi connectivity index (χ4n) is 0.786. The molecule has 0 radical (unpaired) electrons. The maximum atomic E-state index is 3.88. The number of benzene rings is 1. The average molecular weight is 227 g/mol. The van der Waals surface area contributed by atoms with Crippen molar-refractivity contribution in [3.63, 3.8) is 0 Å². The molecule has 0 unspecified atom stereocenters. The number of aromatic amines is 1. The number of hydrogen-bond donors (Lipinski definition) is 1. The van der Waals surface area contributed by atoms with E-state index in [2.05, 4.69) is 15.4 Å². The number of aromatic nitrogens is 3. The van der Waals surface area contributed by atoms with E-state index in [1.54, 1.807) is 0 Å². The van der Waals surface area contributed by atoms with Gasteiger partial charge >= 0.3 is 22.4 Å². The van der Waals surface area contributed by atoms with Crippen molar-refractivity contribution in [2.75, 3.05) is 0 Å². The standard InChI is InChI=1S/C6H5N3.Ag/c1-2-4-6-5(3-1)7-9-8-6;/h1-4H,(H,7,8,9);/q;+1. The van der Waals surface area contributed by atoms with Crippen molar-refractivity contribution in [2.45, 2.75) is 0 Å². The number of nitrogens with zero attached hydrogens (tertiary/aromatic N) is 2. The van der Waals surface area contributed by atoms with Crippen LogP contribution in [0.5, 0.6) is 0 Å². The van der Waals surface area contributed by atoms with Crippen molar-refractivity contribution >= 4 is 11.0 Å². The van der Waals surface area contributed by atoms with Crippen molar-refractivity contribution in [3.05, 3.63) is 24.3 Å². The quantitative estimate of drug-likeness (QED) is 0.681. The Hall–Kier alpha value is -0.640. The topological polar surface area (TPSA) is 41.6 Å². The Morgan fingerprint density at radius 2 is 1.50 bits per heavy atom. The van der Waals surface area contributed by atoms with Crippen molar-refractivity contribution in [1.82, 2.24) is 15.4 Å². The second-order valence-electron chi connectivity index (χ2n) is 1.81. The Morgan fingerprint density at radius 3 is 2.00 bits per heavy atom. The molecule has 0 atom stereocenters. The van der Waals surface area contributed by atoms with Gasteiger partial charge in [0.1, 0.15) is 11.0 Å². The third-order valence-corrected chi connectivity index (χ3v) is 1.22. The van der Waals surface area contributed by atoms with Gasteiger partial charge in [-0.05, 0) is 12.1 Å². The monoisotopic (exact) mass is 226 g/mol. The fourth-order valence-corrected chi connectivity index (χ4v) is 0.786. The van der Waals surface area contributed by atoms with E-state index < -0.39 is 0 Å². The van der Waals surface area contributed by atoms with Crippen LogP contribution in [0.3, 0.4) is 0 Å². The Morgan fingerprint density at radius 1 is 1.00 bits per heavy atom. The Kier molecular flexibility index (Phi) is 2.21. The Balaban J connectivity index is 0.000000500. The Labute approximate surface area is 73.3 Å². The van der Waals surface area contributed by atoms with Gasteiger partial charge in [0.2, 0.25) is 0 Å². The van der Waals surface area contributed by atoms with Gasteiger partial charge in [0.25, 0.3) is 0 Å². The third kappa shape index (κ3) is 1.11. The second-order valence-corrected chi connectivity index (χ2v) is 1.81. The molecule has 0 saturated heterocycles. The fraction of sp³-hybridized carbons (Fsp3) is 0. The number of nitrogens with one attached hydrogen (secondary N) is 1. The molecule has 1 N–H and O–H groups in total. The molecule has 0 aliphatic heterocycles. The SMILES string of the molecule is [Ag+].c1ccc2n[nH]nc2c1. The molecule has 1 aromatic carbocycles. The Bertz CT molecular complexity index is 287. The number of fused-ring (bicyclic) bond motifs is 1. The largest absolute Gasteiger partial charge is 1.00 e. The van der Waals surface area contributed by atoms with E-state index in [1.165, 1.54) is 0 Å². The normalized spacial score (nSPS) is 9.20.